The molecule has 100 valence electrons. The predicted octanol–water partition coefficient (Wildman–Crippen LogP) is 3.49. The lowest BCUT2D eigenvalue weighted by Gasteiger charge is -2.12. The normalized spacial score (nSPS) is 11.9. The quantitative estimate of drug-likeness (QED) is 0.899. The van der Waals surface area contributed by atoms with Crippen LogP contribution in [0.5, 0.6) is 0 Å². The second-order valence-electron chi connectivity index (χ2n) is 4.19. The molecule has 5 heteroatoms. The SMILES string of the molecule is C[C@@H](NC(=O)NCc1ccc(Cl)cc1)c1ccco1. The zero-order chi connectivity index (χ0) is 13.7. The fraction of sp³-hybridized carbons (Fsp3) is 0.214. The monoisotopic (exact) mass is 278 g/mol. The van der Waals surface area contributed by atoms with Crippen molar-refractivity contribution in [3.8, 4) is 0 Å². The van der Waals surface area contributed by atoms with Crippen molar-refractivity contribution in [2.24, 2.45) is 0 Å². The molecule has 0 spiro atoms. The van der Waals surface area contributed by atoms with Crippen molar-refractivity contribution in [1.82, 2.24) is 10.6 Å². The van der Waals surface area contributed by atoms with E-state index in [2.05, 4.69) is 10.6 Å². The number of urea groups is 1. The molecule has 2 aromatic rings. The Morgan fingerprint density at radius 1 is 1.32 bits per heavy atom. The van der Waals surface area contributed by atoms with Crippen molar-refractivity contribution in [1.29, 1.82) is 0 Å². The van der Waals surface area contributed by atoms with Crippen LogP contribution in [-0.4, -0.2) is 6.03 Å². The van der Waals surface area contributed by atoms with Crippen LogP contribution in [0.1, 0.15) is 24.3 Å². The second kappa shape index (κ2) is 6.29. The Labute approximate surface area is 116 Å². The number of halogens is 1. The van der Waals surface area contributed by atoms with Gasteiger partial charge in [0.1, 0.15) is 5.76 Å². The first kappa shape index (κ1) is 13.5. The number of hydrogen-bond acceptors (Lipinski definition) is 2. The van der Waals surface area contributed by atoms with Crippen LogP contribution < -0.4 is 10.6 Å². The van der Waals surface area contributed by atoms with Crippen LogP contribution in [0.3, 0.4) is 0 Å². The van der Waals surface area contributed by atoms with E-state index in [1.54, 1.807) is 24.5 Å². The molecule has 0 aliphatic rings. The lowest BCUT2D eigenvalue weighted by atomic mass is 10.2. The fourth-order valence-corrected chi connectivity index (χ4v) is 1.77. The molecule has 2 N–H and O–H groups in total. The maximum absolute atomic E-state index is 11.7. The average molecular weight is 279 g/mol. The molecule has 1 heterocycles. The number of hydrogen-bond donors (Lipinski definition) is 2. The number of carbonyl (C=O) groups excluding carboxylic acids is 1. The van der Waals surface area contributed by atoms with Crippen molar-refractivity contribution in [3.05, 3.63) is 59.0 Å². The van der Waals surface area contributed by atoms with Gasteiger partial charge in [-0.05, 0) is 36.8 Å². The molecule has 0 bridgehead atoms. The first-order valence-corrected chi connectivity index (χ1v) is 6.35. The highest BCUT2D eigenvalue weighted by Gasteiger charge is 2.10. The number of amides is 2. The van der Waals surface area contributed by atoms with Crippen LogP contribution in [-0.2, 0) is 6.54 Å². The molecule has 0 unspecified atom stereocenters. The van der Waals surface area contributed by atoms with E-state index >= 15 is 0 Å². The van der Waals surface area contributed by atoms with Crippen LogP contribution in [0.15, 0.2) is 47.1 Å². The molecular formula is C14H15ClN2O2. The van der Waals surface area contributed by atoms with Gasteiger partial charge in [-0.15, -0.1) is 0 Å². The zero-order valence-corrected chi connectivity index (χ0v) is 11.3. The highest BCUT2D eigenvalue weighted by molar-refractivity contribution is 6.30. The number of benzene rings is 1. The topological polar surface area (TPSA) is 54.3 Å². The van der Waals surface area contributed by atoms with Crippen LogP contribution in [0, 0.1) is 0 Å². The number of furan rings is 1. The summed E-state index contributed by atoms with van der Waals surface area (Å²) in [6.07, 6.45) is 1.58. The lowest BCUT2D eigenvalue weighted by Crippen LogP contribution is -2.36. The average Bonchev–Trinajstić information content (AvgIpc) is 2.92. The third-order valence-corrected chi connectivity index (χ3v) is 2.94. The molecule has 2 amide bonds. The van der Waals surface area contributed by atoms with Gasteiger partial charge in [0, 0.05) is 11.6 Å². The van der Waals surface area contributed by atoms with Gasteiger partial charge >= 0.3 is 6.03 Å². The van der Waals surface area contributed by atoms with E-state index < -0.39 is 0 Å². The van der Waals surface area contributed by atoms with Gasteiger partial charge in [-0.25, -0.2) is 4.79 Å². The van der Waals surface area contributed by atoms with Crippen LogP contribution in [0.4, 0.5) is 4.79 Å². The maximum atomic E-state index is 11.7. The zero-order valence-electron chi connectivity index (χ0n) is 10.5. The molecule has 1 aromatic carbocycles. The predicted molar refractivity (Wildman–Crippen MR) is 73.9 cm³/mol. The molecule has 0 saturated carbocycles. The van der Waals surface area contributed by atoms with Gasteiger partial charge in [0.15, 0.2) is 0 Å². The van der Waals surface area contributed by atoms with Gasteiger partial charge < -0.3 is 15.1 Å². The van der Waals surface area contributed by atoms with Gasteiger partial charge in [0.2, 0.25) is 0 Å². The Kier molecular flexibility index (Phi) is 4.47. The number of rotatable bonds is 4. The minimum atomic E-state index is -0.237. The van der Waals surface area contributed by atoms with Gasteiger partial charge in [-0.1, -0.05) is 23.7 Å². The highest BCUT2D eigenvalue weighted by atomic mass is 35.5. The smallest absolute Gasteiger partial charge is 0.315 e. The van der Waals surface area contributed by atoms with E-state index in [-0.39, 0.29) is 12.1 Å². The van der Waals surface area contributed by atoms with E-state index in [1.807, 2.05) is 25.1 Å². The minimum absolute atomic E-state index is 0.166. The molecule has 0 aliphatic heterocycles. The molecule has 1 atom stereocenters. The second-order valence-corrected chi connectivity index (χ2v) is 4.63. The molecule has 0 fully saturated rings. The number of nitrogens with one attached hydrogen (secondary N) is 2. The first-order valence-electron chi connectivity index (χ1n) is 5.97. The summed E-state index contributed by atoms with van der Waals surface area (Å²) in [5, 5.41) is 6.25. The summed E-state index contributed by atoms with van der Waals surface area (Å²) in [5.74, 6) is 0.724. The summed E-state index contributed by atoms with van der Waals surface area (Å²) in [4.78, 5) is 11.7. The minimum Gasteiger partial charge on any atom is -0.467 e. The lowest BCUT2D eigenvalue weighted by molar-refractivity contribution is 0.235. The fourth-order valence-electron chi connectivity index (χ4n) is 1.64. The molecule has 1 aromatic heterocycles. The maximum Gasteiger partial charge on any atom is 0.315 e. The highest BCUT2D eigenvalue weighted by Crippen LogP contribution is 2.12. The Morgan fingerprint density at radius 3 is 2.68 bits per heavy atom. The molecule has 19 heavy (non-hydrogen) atoms. The Hall–Kier alpha value is -1.94. The van der Waals surface area contributed by atoms with E-state index in [0.29, 0.717) is 11.6 Å². The van der Waals surface area contributed by atoms with Crippen molar-refractivity contribution in [3.63, 3.8) is 0 Å². The molecule has 0 aliphatic carbocycles. The van der Waals surface area contributed by atoms with E-state index in [9.17, 15) is 4.79 Å². The van der Waals surface area contributed by atoms with Gasteiger partial charge in [0.05, 0.1) is 12.3 Å². The van der Waals surface area contributed by atoms with Crippen molar-refractivity contribution >= 4 is 17.6 Å². The van der Waals surface area contributed by atoms with Crippen LogP contribution in [0.25, 0.3) is 0 Å². The Bertz CT molecular complexity index is 523. The largest absolute Gasteiger partial charge is 0.467 e. The van der Waals surface area contributed by atoms with E-state index in [1.165, 1.54) is 0 Å². The summed E-state index contributed by atoms with van der Waals surface area (Å²) in [7, 11) is 0. The molecular weight excluding hydrogens is 264 g/mol. The van der Waals surface area contributed by atoms with Gasteiger partial charge in [0.25, 0.3) is 0 Å². The van der Waals surface area contributed by atoms with Gasteiger partial charge in [-0.3, -0.25) is 0 Å². The van der Waals surface area contributed by atoms with E-state index in [4.69, 9.17) is 16.0 Å². The molecule has 4 nitrogen and oxygen atoms in total. The standard InChI is InChI=1S/C14H15ClN2O2/c1-10(13-3-2-8-19-13)17-14(18)16-9-11-4-6-12(15)7-5-11/h2-8,10H,9H2,1H3,(H2,16,17,18)/t10-/m1/s1. The summed E-state index contributed by atoms with van der Waals surface area (Å²) in [6, 6.07) is 10.5. The molecule has 2 rings (SSSR count). The summed E-state index contributed by atoms with van der Waals surface area (Å²) >= 11 is 5.79. The Balaban J connectivity index is 1.80. The third kappa shape index (κ3) is 4.03. The summed E-state index contributed by atoms with van der Waals surface area (Å²) in [6.45, 7) is 2.31. The van der Waals surface area contributed by atoms with Crippen molar-refractivity contribution < 1.29 is 9.21 Å². The first-order chi connectivity index (χ1) is 9.15. The molecule has 0 saturated heterocycles. The summed E-state index contributed by atoms with van der Waals surface area (Å²) in [5.41, 5.74) is 0.991. The molecule has 0 radical (unpaired) electrons. The number of carbonyl (C=O) groups is 1. The van der Waals surface area contributed by atoms with Crippen LogP contribution >= 0.6 is 11.6 Å². The third-order valence-electron chi connectivity index (χ3n) is 2.68. The Morgan fingerprint density at radius 2 is 2.05 bits per heavy atom. The summed E-state index contributed by atoms with van der Waals surface area (Å²) < 4.78 is 5.21. The van der Waals surface area contributed by atoms with Crippen molar-refractivity contribution in [2.75, 3.05) is 0 Å². The van der Waals surface area contributed by atoms with Gasteiger partial charge in [-0.2, -0.15) is 0 Å². The van der Waals surface area contributed by atoms with Crippen LogP contribution in [0.2, 0.25) is 5.02 Å². The van der Waals surface area contributed by atoms with E-state index in [0.717, 1.165) is 11.3 Å². The van der Waals surface area contributed by atoms with Crippen molar-refractivity contribution in [2.45, 2.75) is 19.5 Å².